The lowest BCUT2D eigenvalue weighted by molar-refractivity contribution is 0.241. The molecule has 2 heterocycles. The van der Waals surface area contributed by atoms with E-state index in [1.54, 1.807) is 0 Å². The number of H-pyrrole nitrogens is 1. The Hall–Kier alpha value is -2.92. The predicted molar refractivity (Wildman–Crippen MR) is 100 cm³/mol. The van der Waals surface area contributed by atoms with Gasteiger partial charge in [0.25, 0.3) is 5.56 Å². The maximum atomic E-state index is 12.2. The van der Waals surface area contributed by atoms with Gasteiger partial charge in [-0.2, -0.15) is 0 Å². The van der Waals surface area contributed by atoms with Gasteiger partial charge in [-0.25, -0.2) is 4.98 Å². The van der Waals surface area contributed by atoms with Crippen molar-refractivity contribution >= 4 is 0 Å². The second-order valence-electron chi connectivity index (χ2n) is 6.60. The minimum Gasteiger partial charge on any atom is -0.457 e. The van der Waals surface area contributed by atoms with Gasteiger partial charge in [-0.1, -0.05) is 30.3 Å². The normalized spacial score (nSPS) is 14.0. The average Bonchev–Trinajstić information content (AvgIpc) is 2.63. The SMILES string of the molecule is Cc1nc2c(c(=O)[nH]1)CN(Cc1cccc(Oc3ccccc3)c1)CC2. The van der Waals surface area contributed by atoms with E-state index in [0.29, 0.717) is 12.4 Å². The molecule has 0 atom stereocenters. The zero-order chi connectivity index (χ0) is 17.9. The molecule has 4 rings (SSSR count). The predicted octanol–water partition coefficient (Wildman–Crippen LogP) is 3.43. The number of benzene rings is 2. The summed E-state index contributed by atoms with van der Waals surface area (Å²) in [5.41, 5.74) is 2.87. The Kier molecular flexibility index (Phi) is 4.54. The van der Waals surface area contributed by atoms with E-state index in [-0.39, 0.29) is 5.56 Å². The number of para-hydroxylation sites is 1. The summed E-state index contributed by atoms with van der Waals surface area (Å²) in [7, 11) is 0. The highest BCUT2D eigenvalue weighted by molar-refractivity contribution is 5.34. The van der Waals surface area contributed by atoms with Crippen LogP contribution < -0.4 is 10.3 Å². The summed E-state index contributed by atoms with van der Waals surface area (Å²) >= 11 is 0. The van der Waals surface area contributed by atoms with Crippen LogP contribution in [0.4, 0.5) is 0 Å². The average molecular weight is 347 g/mol. The number of nitrogens with zero attached hydrogens (tertiary/aromatic N) is 2. The van der Waals surface area contributed by atoms with E-state index >= 15 is 0 Å². The number of hydrogen-bond donors (Lipinski definition) is 1. The lowest BCUT2D eigenvalue weighted by Crippen LogP contribution is -2.35. The van der Waals surface area contributed by atoms with Gasteiger partial charge < -0.3 is 9.72 Å². The fourth-order valence-electron chi connectivity index (χ4n) is 3.33. The Morgan fingerprint density at radius 2 is 1.92 bits per heavy atom. The molecule has 0 saturated heterocycles. The van der Waals surface area contributed by atoms with Gasteiger partial charge in [-0.05, 0) is 36.8 Å². The van der Waals surface area contributed by atoms with Gasteiger partial charge in [0, 0.05) is 26.1 Å². The van der Waals surface area contributed by atoms with Crippen LogP contribution in [0.3, 0.4) is 0 Å². The second-order valence-corrected chi connectivity index (χ2v) is 6.60. The van der Waals surface area contributed by atoms with E-state index in [1.165, 1.54) is 5.56 Å². The molecule has 1 aliphatic rings. The minimum absolute atomic E-state index is 0.0154. The molecule has 5 heteroatoms. The lowest BCUT2D eigenvalue weighted by atomic mass is 10.1. The zero-order valence-corrected chi connectivity index (χ0v) is 14.7. The molecule has 0 amide bonds. The largest absolute Gasteiger partial charge is 0.457 e. The number of nitrogens with one attached hydrogen (secondary N) is 1. The monoisotopic (exact) mass is 347 g/mol. The Balaban J connectivity index is 1.48. The fourth-order valence-corrected chi connectivity index (χ4v) is 3.33. The first-order chi connectivity index (χ1) is 12.7. The van der Waals surface area contributed by atoms with E-state index in [1.807, 2.05) is 49.4 Å². The standard InChI is InChI=1S/C21H21N3O2/c1-15-22-20-10-11-24(14-19(20)21(25)23-15)13-16-6-5-9-18(12-16)26-17-7-3-2-4-8-17/h2-9,12H,10-11,13-14H2,1H3,(H,22,23,25). The van der Waals surface area contributed by atoms with E-state index < -0.39 is 0 Å². The van der Waals surface area contributed by atoms with Crippen molar-refractivity contribution in [3.63, 3.8) is 0 Å². The van der Waals surface area contributed by atoms with Crippen LogP contribution in [-0.4, -0.2) is 21.4 Å². The summed E-state index contributed by atoms with van der Waals surface area (Å²) in [5, 5.41) is 0. The molecule has 1 N–H and O–H groups in total. The van der Waals surface area contributed by atoms with Crippen molar-refractivity contribution in [3.05, 3.63) is 87.6 Å². The number of aromatic amines is 1. The third-order valence-electron chi connectivity index (χ3n) is 4.55. The molecule has 0 saturated carbocycles. The maximum Gasteiger partial charge on any atom is 0.255 e. The first kappa shape index (κ1) is 16.5. The summed E-state index contributed by atoms with van der Waals surface area (Å²) in [4.78, 5) is 21.8. The van der Waals surface area contributed by atoms with Crippen molar-refractivity contribution in [1.82, 2.24) is 14.9 Å². The summed E-state index contributed by atoms with van der Waals surface area (Å²) in [6.45, 7) is 4.12. The number of ether oxygens (including phenoxy) is 1. The van der Waals surface area contributed by atoms with Gasteiger partial charge in [-0.3, -0.25) is 9.69 Å². The molecular weight excluding hydrogens is 326 g/mol. The van der Waals surface area contributed by atoms with Crippen LogP contribution >= 0.6 is 0 Å². The van der Waals surface area contributed by atoms with Gasteiger partial charge in [0.15, 0.2) is 0 Å². The molecule has 2 aromatic carbocycles. The first-order valence-electron chi connectivity index (χ1n) is 8.80. The Bertz CT molecular complexity index is 966. The first-order valence-corrected chi connectivity index (χ1v) is 8.80. The summed E-state index contributed by atoms with van der Waals surface area (Å²) in [6.07, 6.45) is 0.806. The van der Waals surface area contributed by atoms with Crippen LogP contribution in [0.1, 0.15) is 22.6 Å². The van der Waals surface area contributed by atoms with Crippen molar-refractivity contribution in [3.8, 4) is 11.5 Å². The molecular formula is C21H21N3O2. The van der Waals surface area contributed by atoms with Gasteiger partial charge >= 0.3 is 0 Å². The zero-order valence-electron chi connectivity index (χ0n) is 14.7. The van der Waals surface area contributed by atoms with Crippen molar-refractivity contribution in [1.29, 1.82) is 0 Å². The highest BCUT2D eigenvalue weighted by Gasteiger charge is 2.20. The Morgan fingerprint density at radius 3 is 2.77 bits per heavy atom. The maximum absolute atomic E-state index is 12.2. The van der Waals surface area contributed by atoms with Crippen molar-refractivity contribution in [2.45, 2.75) is 26.4 Å². The molecule has 5 nitrogen and oxygen atoms in total. The van der Waals surface area contributed by atoms with Crippen LogP contribution in [0, 0.1) is 6.92 Å². The highest BCUT2D eigenvalue weighted by atomic mass is 16.5. The third-order valence-corrected chi connectivity index (χ3v) is 4.55. The Labute approximate surface area is 152 Å². The molecule has 0 radical (unpaired) electrons. The smallest absolute Gasteiger partial charge is 0.255 e. The van der Waals surface area contributed by atoms with Crippen LogP contribution in [0.15, 0.2) is 59.4 Å². The molecule has 0 aliphatic carbocycles. The number of aromatic nitrogens is 2. The minimum atomic E-state index is -0.0154. The van der Waals surface area contributed by atoms with Crippen LogP contribution in [0.2, 0.25) is 0 Å². The molecule has 0 bridgehead atoms. The van der Waals surface area contributed by atoms with Crippen LogP contribution in [0.5, 0.6) is 11.5 Å². The summed E-state index contributed by atoms with van der Waals surface area (Å²) in [6, 6.07) is 17.9. The van der Waals surface area contributed by atoms with Crippen molar-refractivity contribution in [2.24, 2.45) is 0 Å². The Morgan fingerprint density at radius 1 is 1.12 bits per heavy atom. The molecule has 0 spiro atoms. The number of rotatable bonds is 4. The molecule has 132 valence electrons. The van der Waals surface area contributed by atoms with E-state index in [4.69, 9.17) is 4.74 Å². The van der Waals surface area contributed by atoms with Gasteiger partial charge in [0.2, 0.25) is 0 Å². The van der Waals surface area contributed by atoms with Crippen LogP contribution in [-0.2, 0) is 19.5 Å². The third kappa shape index (κ3) is 3.68. The van der Waals surface area contributed by atoms with Gasteiger partial charge in [0.1, 0.15) is 17.3 Å². The van der Waals surface area contributed by atoms with E-state index in [0.717, 1.165) is 42.3 Å². The van der Waals surface area contributed by atoms with Gasteiger partial charge in [0.05, 0.1) is 11.3 Å². The molecule has 26 heavy (non-hydrogen) atoms. The highest BCUT2D eigenvalue weighted by Crippen LogP contribution is 2.23. The topological polar surface area (TPSA) is 58.2 Å². The number of hydrogen-bond acceptors (Lipinski definition) is 4. The molecule has 1 aliphatic heterocycles. The van der Waals surface area contributed by atoms with E-state index in [9.17, 15) is 4.79 Å². The summed E-state index contributed by atoms with van der Waals surface area (Å²) < 4.78 is 5.91. The van der Waals surface area contributed by atoms with E-state index in [2.05, 4.69) is 27.0 Å². The number of aryl methyl sites for hydroxylation is 1. The van der Waals surface area contributed by atoms with Crippen LogP contribution in [0.25, 0.3) is 0 Å². The molecule has 1 aromatic heterocycles. The quantitative estimate of drug-likeness (QED) is 0.785. The lowest BCUT2D eigenvalue weighted by Gasteiger charge is -2.27. The van der Waals surface area contributed by atoms with Crippen molar-refractivity contribution in [2.75, 3.05) is 6.54 Å². The van der Waals surface area contributed by atoms with Crippen molar-refractivity contribution < 1.29 is 4.74 Å². The second kappa shape index (κ2) is 7.14. The molecule has 3 aromatic rings. The molecule has 0 unspecified atom stereocenters. The summed E-state index contributed by atoms with van der Waals surface area (Å²) in [5.74, 6) is 2.33. The van der Waals surface area contributed by atoms with Gasteiger partial charge in [-0.15, -0.1) is 0 Å². The molecule has 0 fully saturated rings. The number of fused-ring (bicyclic) bond motifs is 1. The fraction of sp³-hybridized carbons (Fsp3) is 0.238.